The Morgan fingerprint density at radius 3 is 2.26 bits per heavy atom. The highest BCUT2D eigenvalue weighted by Gasteiger charge is 2.19. The summed E-state index contributed by atoms with van der Waals surface area (Å²) in [7, 11) is 0. The predicted molar refractivity (Wildman–Crippen MR) is 106 cm³/mol. The summed E-state index contributed by atoms with van der Waals surface area (Å²) in [6.07, 6.45) is 1.51. The third-order valence-corrected chi connectivity index (χ3v) is 4.54. The number of amides is 1. The molecule has 3 rings (SSSR count). The minimum absolute atomic E-state index is 0.313. The number of aryl methyl sites for hydroxylation is 3. The highest BCUT2D eigenvalue weighted by Crippen LogP contribution is 2.21. The van der Waals surface area contributed by atoms with Crippen LogP contribution in [-0.2, 0) is 4.79 Å². The highest BCUT2D eigenvalue weighted by molar-refractivity contribution is 5.94. The Kier molecular flexibility index (Phi) is 5.16. The van der Waals surface area contributed by atoms with E-state index in [9.17, 15) is 9.59 Å². The fourth-order valence-electron chi connectivity index (χ4n) is 2.83. The smallest absolute Gasteiger partial charge is 0.324 e. The second-order valence-electron chi connectivity index (χ2n) is 6.67. The van der Waals surface area contributed by atoms with Gasteiger partial charge in [-0.2, -0.15) is 10.1 Å². The van der Waals surface area contributed by atoms with Crippen LogP contribution in [0.1, 0.15) is 29.7 Å². The second-order valence-corrected chi connectivity index (χ2v) is 6.67. The van der Waals surface area contributed by atoms with Gasteiger partial charge in [-0.1, -0.05) is 48.0 Å². The maximum Gasteiger partial charge on any atom is 0.365 e. The molecule has 138 valence electrons. The number of nitrogens with zero attached hydrogens (tertiary/aromatic N) is 3. The van der Waals surface area contributed by atoms with Crippen LogP contribution in [0.5, 0.6) is 0 Å². The summed E-state index contributed by atoms with van der Waals surface area (Å²) in [4.78, 5) is 29.1. The van der Waals surface area contributed by atoms with Crippen LogP contribution in [0.3, 0.4) is 0 Å². The van der Waals surface area contributed by atoms with Crippen molar-refractivity contribution in [3.05, 3.63) is 75.8 Å². The number of hydrogen-bond acceptors (Lipinski definition) is 4. The van der Waals surface area contributed by atoms with Crippen LogP contribution in [0.2, 0.25) is 0 Å². The first-order chi connectivity index (χ1) is 12.9. The zero-order valence-electron chi connectivity index (χ0n) is 15.9. The van der Waals surface area contributed by atoms with Gasteiger partial charge in [0.25, 0.3) is 0 Å². The molecule has 6 heteroatoms. The van der Waals surface area contributed by atoms with Gasteiger partial charge in [-0.25, -0.2) is 9.48 Å². The van der Waals surface area contributed by atoms with Gasteiger partial charge < -0.3 is 5.32 Å². The largest absolute Gasteiger partial charge is 0.365 e. The number of benzene rings is 2. The fourth-order valence-corrected chi connectivity index (χ4v) is 2.83. The summed E-state index contributed by atoms with van der Waals surface area (Å²) in [5.41, 5.74) is 4.54. The van der Waals surface area contributed by atoms with Crippen molar-refractivity contribution in [1.29, 1.82) is 0 Å². The monoisotopic (exact) mass is 362 g/mol. The van der Waals surface area contributed by atoms with Crippen LogP contribution < -0.4 is 11.0 Å². The van der Waals surface area contributed by atoms with Gasteiger partial charge in [0.15, 0.2) is 0 Å². The lowest BCUT2D eigenvalue weighted by molar-refractivity contribution is -0.119. The van der Waals surface area contributed by atoms with Crippen molar-refractivity contribution >= 4 is 11.6 Å². The molecule has 0 saturated heterocycles. The van der Waals surface area contributed by atoms with Gasteiger partial charge in [0, 0.05) is 11.3 Å². The van der Waals surface area contributed by atoms with Crippen molar-refractivity contribution in [2.75, 3.05) is 5.32 Å². The Balaban J connectivity index is 1.84. The molecule has 1 amide bonds. The third kappa shape index (κ3) is 3.95. The Labute approximate surface area is 157 Å². The number of carbonyl (C=O) groups excluding carboxylic acids is 1. The molecule has 1 atom stereocenters. The van der Waals surface area contributed by atoms with Crippen molar-refractivity contribution in [3.8, 4) is 11.3 Å². The van der Waals surface area contributed by atoms with Crippen LogP contribution >= 0.6 is 0 Å². The van der Waals surface area contributed by atoms with Gasteiger partial charge in [0.05, 0.1) is 11.9 Å². The maximum atomic E-state index is 12.6. The number of aromatic nitrogens is 3. The summed E-state index contributed by atoms with van der Waals surface area (Å²) in [6, 6.07) is 12.7. The Morgan fingerprint density at radius 2 is 1.67 bits per heavy atom. The minimum atomic E-state index is -0.781. The molecule has 0 fully saturated rings. The van der Waals surface area contributed by atoms with Crippen molar-refractivity contribution < 1.29 is 4.79 Å². The predicted octanol–water partition coefficient (Wildman–Crippen LogP) is 3.43. The summed E-state index contributed by atoms with van der Waals surface area (Å²) < 4.78 is 1.10. The molecule has 2 aromatic carbocycles. The average molecular weight is 362 g/mol. The molecule has 0 aliphatic carbocycles. The summed E-state index contributed by atoms with van der Waals surface area (Å²) in [6.45, 7) is 7.47. The molecular weight excluding hydrogens is 340 g/mol. The average Bonchev–Trinajstić information content (AvgIpc) is 2.64. The van der Waals surface area contributed by atoms with Gasteiger partial charge in [-0.05, 0) is 38.8 Å². The Morgan fingerprint density at radius 1 is 1.04 bits per heavy atom. The van der Waals surface area contributed by atoms with Gasteiger partial charge in [0.2, 0.25) is 5.91 Å². The number of carbonyl (C=O) groups is 1. The molecule has 0 saturated carbocycles. The third-order valence-electron chi connectivity index (χ3n) is 4.54. The number of para-hydroxylation sites is 1. The summed E-state index contributed by atoms with van der Waals surface area (Å²) >= 11 is 0. The molecule has 3 aromatic rings. The van der Waals surface area contributed by atoms with E-state index in [4.69, 9.17) is 0 Å². The topological polar surface area (TPSA) is 76.9 Å². The lowest BCUT2D eigenvalue weighted by atomic mass is 10.1. The molecular formula is C21H22N4O2. The molecule has 1 heterocycles. The quantitative estimate of drug-likeness (QED) is 0.771. The number of anilines is 1. The molecule has 0 unspecified atom stereocenters. The lowest BCUT2D eigenvalue weighted by Crippen LogP contribution is -2.35. The Bertz CT molecular complexity index is 1020. The van der Waals surface area contributed by atoms with E-state index in [0.29, 0.717) is 5.69 Å². The molecule has 0 bridgehead atoms. The standard InChI is InChI=1S/C21H22N4O2/c1-13-8-10-17(11-9-13)18-12-22-25(21(27)23-18)16(4)20(26)24-19-14(2)6-5-7-15(19)3/h5-12,16H,1-4H3,(H,24,26)/t16-/m1/s1. The van der Waals surface area contributed by atoms with Crippen LogP contribution in [0, 0.1) is 20.8 Å². The summed E-state index contributed by atoms with van der Waals surface area (Å²) in [5, 5.41) is 7.06. The highest BCUT2D eigenvalue weighted by atomic mass is 16.2. The molecule has 1 aromatic heterocycles. The molecule has 0 radical (unpaired) electrons. The van der Waals surface area contributed by atoms with E-state index in [1.54, 1.807) is 6.92 Å². The van der Waals surface area contributed by atoms with Crippen molar-refractivity contribution in [1.82, 2.24) is 14.8 Å². The minimum Gasteiger partial charge on any atom is -0.324 e. The first kappa shape index (κ1) is 18.5. The van der Waals surface area contributed by atoms with Gasteiger partial charge in [-0.15, -0.1) is 0 Å². The van der Waals surface area contributed by atoms with E-state index in [0.717, 1.165) is 32.6 Å². The second kappa shape index (κ2) is 7.53. The molecule has 1 N–H and O–H groups in total. The fraction of sp³-hybridized carbons (Fsp3) is 0.238. The Hall–Kier alpha value is -3.28. The number of nitrogens with one attached hydrogen (secondary N) is 1. The van der Waals surface area contributed by atoms with E-state index >= 15 is 0 Å². The van der Waals surface area contributed by atoms with Crippen LogP contribution in [0.15, 0.2) is 53.5 Å². The van der Waals surface area contributed by atoms with E-state index in [2.05, 4.69) is 15.4 Å². The van der Waals surface area contributed by atoms with Crippen molar-refractivity contribution in [2.45, 2.75) is 33.7 Å². The van der Waals surface area contributed by atoms with Crippen LogP contribution in [0.25, 0.3) is 11.3 Å². The SMILES string of the molecule is Cc1ccc(-c2cnn([C@H](C)C(=O)Nc3c(C)cccc3C)c(=O)n2)cc1. The van der Waals surface area contributed by atoms with Crippen molar-refractivity contribution in [2.24, 2.45) is 0 Å². The summed E-state index contributed by atoms with van der Waals surface area (Å²) in [5.74, 6) is -0.313. The lowest BCUT2D eigenvalue weighted by Gasteiger charge is -2.16. The molecule has 0 spiro atoms. The molecule has 27 heavy (non-hydrogen) atoms. The van der Waals surface area contributed by atoms with E-state index in [-0.39, 0.29) is 5.91 Å². The van der Waals surface area contributed by atoms with Gasteiger partial charge >= 0.3 is 5.69 Å². The maximum absolute atomic E-state index is 12.6. The molecule has 6 nitrogen and oxygen atoms in total. The molecule has 0 aliphatic heterocycles. The van der Waals surface area contributed by atoms with Crippen molar-refractivity contribution in [3.63, 3.8) is 0 Å². The van der Waals surface area contributed by atoms with E-state index in [1.807, 2.05) is 63.2 Å². The van der Waals surface area contributed by atoms with Crippen LogP contribution in [0.4, 0.5) is 5.69 Å². The normalized spacial score (nSPS) is 11.9. The number of hydrogen-bond donors (Lipinski definition) is 1. The van der Waals surface area contributed by atoms with Crippen LogP contribution in [-0.4, -0.2) is 20.7 Å². The zero-order chi connectivity index (χ0) is 19.6. The molecule has 0 aliphatic rings. The zero-order valence-corrected chi connectivity index (χ0v) is 15.9. The van der Waals surface area contributed by atoms with Gasteiger partial charge in [-0.3, -0.25) is 4.79 Å². The first-order valence-corrected chi connectivity index (χ1v) is 8.77. The van der Waals surface area contributed by atoms with E-state index < -0.39 is 11.7 Å². The number of rotatable bonds is 4. The van der Waals surface area contributed by atoms with Gasteiger partial charge in [0.1, 0.15) is 6.04 Å². The van der Waals surface area contributed by atoms with E-state index in [1.165, 1.54) is 6.20 Å². The first-order valence-electron chi connectivity index (χ1n) is 8.77.